The number of rotatable bonds is 3. The van der Waals surface area contributed by atoms with Gasteiger partial charge in [-0.15, -0.1) is 0 Å². The SMILES string of the molecule is BrC1=NOC(C2CCN(Cc3ccccc3)C2)C1. The molecule has 0 N–H and O–H groups in total. The van der Waals surface area contributed by atoms with Crippen LogP contribution in [0.5, 0.6) is 0 Å². The standard InChI is InChI=1S/C14H17BrN2O/c15-14-8-13(18-16-14)12-6-7-17(10-12)9-11-4-2-1-3-5-11/h1-5,12-13H,6-10H2. The number of benzene rings is 1. The van der Waals surface area contributed by atoms with Crippen LogP contribution in [0.1, 0.15) is 18.4 Å². The molecule has 1 fully saturated rings. The van der Waals surface area contributed by atoms with Crippen molar-refractivity contribution in [1.29, 1.82) is 0 Å². The molecular weight excluding hydrogens is 292 g/mol. The molecule has 0 spiro atoms. The topological polar surface area (TPSA) is 24.8 Å². The molecule has 4 heteroatoms. The minimum absolute atomic E-state index is 0.278. The molecule has 1 aromatic rings. The summed E-state index contributed by atoms with van der Waals surface area (Å²) in [4.78, 5) is 7.97. The lowest BCUT2D eigenvalue weighted by Crippen LogP contribution is -2.25. The second-order valence-corrected chi connectivity index (χ2v) is 6.00. The number of oxime groups is 1. The van der Waals surface area contributed by atoms with E-state index in [4.69, 9.17) is 4.84 Å². The molecule has 0 radical (unpaired) electrons. The molecule has 2 atom stereocenters. The first-order valence-corrected chi connectivity index (χ1v) is 7.25. The molecule has 2 heterocycles. The quantitative estimate of drug-likeness (QED) is 0.857. The smallest absolute Gasteiger partial charge is 0.137 e. The second kappa shape index (κ2) is 5.41. The predicted molar refractivity (Wildman–Crippen MR) is 75.7 cm³/mol. The van der Waals surface area contributed by atoms with E-state index in [2.05, 4.69) is 56.3 Å². The van der Waals surface area contributed by atoms with E-state index in [1.54, 1.807) is 0 Å². The molecular formula is C14H17BrN2O. The molecule has 18 heavy (non-hydrogen) atoms. The van der Waals surface area contributed by atoms with Gasteiger partial charge in [-0.3, -0.25) is 4.90 Å². The van der Waals surface area contributed by atoms with Gasteiger partial charge in [-0.2, -0.15) is 0 Å². The zero-order valence-corrected chi connectivity index (χ0v) is 11.8. The second-order valence-electron chi connectivity index (χ2n) is 5.09. The molecule has 1 aromatic carbocycles. The number of hydrogen-bond acceptors (Lipinski definition) is 3. The van der Waals surface area contributed by atoms with Gasteiger partial charge in [-0.05, 0) is 34.5 Å². The van der Waals surface area contributed by atoms with Crippen LogP contribution in [0.15, 0.2) is 35.5 Å². The van der Waals surface area contributed by atoms with Gasteiger partial charge in [0.2, 0.25) is 0 Å². The molecule has 3 rings (SSSR count). The fourth-order valence-corrected chi connectivity index (χ4v) is 3.17. The van der Waals surface area contributed by atoms with E-state index < -0.39 is 0 Å². The Balaban J connectivity index is 1.53. The number of halogens is 1. The van der Waals surface area contributed by atoms with Gasteiger partial charge in [0.1, 0.15) is 10.7 Å². The molecule has 2 unspecified atom stereocenters. The molecule has 96 valence electrons. The molecule has 0 amide bonds. The van der Waals surface area contributed by atoms with E-state index >= 15 is 0 Å². The minimum Gasteiger partial charge on any atom is -0.391 e. The van der Waals surface area contributed by atoms with E-state index in [9.17, 15) is 0 Å². The van der Waals surface area contributed by atoms with E-state index in [0.29, 0.717) is 5.92 Å². The summed E-state index contributed by atoms with van der Waals surface area (Å²) in [5.74, 6) is 0.618. The Hall–Kier alpha value is -0.870. The third-order valence-electron chi connectivity index (χ3n) is 3.74. The lowest BCUT2D eigenvalue weighted by molar-refractivity contribution is 0.0428. The summed E-state index contributed by atoms with van der Waals surface area (Å²) in [6.07, 6.45) is 2.43. The van der Waals surface area contributed by atoms with Crippen molar-refractivity contribution in [3.8, 4) is 0 Å². The van der Waals surface area contributed by atoms with Gasteiger partial charge in [0, 0.05) is 25.4 Å². The van der Waals surface area contributed by atoms with Crippen molar-refractivity contribution in [3.05, 3.63) is 35.9 Å². The van der Waals surface area contributed by atoms with Crippen LogP contribution in [0.25, 0.3) is 0 Å². The van der Waals surface area contributed by atoms with Crippen molar-refractivity contribution in [2.24, 2.45) is 11.1 Å². The van der Waals surface area contributed by atoms with Crippen LogP contribution in [0.3, 0.4) is 0 Å². The largest absolute Gasteiger partial charge is 0.391 e. The Morgan fingerprint density at radius 1 is 1.33 bits per heavy atom. The highest BCUT2D eigenvalue weighted by Gasteiger charge is 2.34. The van der Waals surface area contributed by atoms with Crippen LogP contribution in [0.2, 0.25) is 0 Å². The number of nitrogens with zero attached hydrogens (tertiary/aromatic N) is 2. The fraction of sp³-hybridized carbons (Fsp3) is 0.500. The maximum atomic E-state index is 5.46. The molecule has 1 saturated heterocycles. The monoisotopic (exact) mass is 308 g/mol. The van der Waals surface area contributed by atoms with Crippen LogP contribution in [-0.2, 0) is 11.4 Å². The molecule has 0 bridgehead atoms. The summed E-state index contributed by atoms with van der Waals surface area (Å²) in [5, 5.41) is 3.99. The van der Waals surface area contributed by atoms with Crippen LogP contribution in [0, 0.1) is 5.92 Å². The van der Waals surface area contributed by atoms with Gasteiger partial charge in [0.05, 0.1) is 0 Å². The average molecular weight is 309 g/mol. The zero-order valence-electron chi connectivity index (χ0n) is 10.3. The summed E-state index contributed by atoms with van der Waals surface area (Å²) < 4.78 is 0.953. The highest BCUT2D eigenvalue weighted by atomic mass is 79.9. The summed E-state index contributed by atoms with van der Waals surface area (Å²) in [6, 6.07) is 10.7. The van der Waals surface area contributed by atoms with Crippen LogP contribution in [0.4, 0.5) is 0 Å². The lowest BCUT2D eigenvalue weighted by Gasteiger charge is -2.18. The number of hydrogen-bond donors (Lipinski definition) is 0. The van der Waals surface area contributed by atoms with E-state index in [0.717, 1.165) is 30.7 Å². The molecule has 2 aliphatic rings. The first kappa shape index (κ1) is 12.2. The number of likely N-dealkylation sites (tertiary alicyclic amines) is 1. The fourth-order valence-electron chi connectivity index (χ4n) is 2.77. The van der Waals surface area contributed by atoms with Crippen molar-refractivity contribution in [2.45, 2.75) is 25.5 Å². The van der Waals surface area contributed by atoms with E-state index in [-0.39, 0.29) is 6.10 Å². The predicted octanol–water partition coefficient (Wildman–Crippen LogP) is 3.01. The van der Waals surface area contributed by atoms with Crippen molar-refractivity contribution in [3.63, 3.8) is 0 Å². The van der Waals surface area contributed by atoms with E-state index in [1.165, 1.54) is 12.0 Å². The maximum absolute atomic E-state index is 5.46. The first-order valence-electron chi connectivity index (χ1n) is 6.46. The Bertz CT molecular complexity index is 435. The molecule has 0 aromatic heterocycles. The highest BCUT2D eigenvalue weighted by Crippen LogP contribution is 2.29. The minimum atomic E-state index is 0.278. The van der Waals surface area contributed by atoms with Crippen LogP contribution >= 0.6 is 15.9 Å². The Morgan fingerprint density at radius 3 is 2.89 bits per heavy atom. The van der Waals surface area contributed by atoms with Gasteiger partial charge >= 0.3 is 0 Å². The van der Waals surface area contributed by atoms with Crippen molar-refractivity contribution >= 4 is 20.6 Å². The lowest BCUT2D eigenvalue weighted by atomic mass is 10.00. The van der Waals surface area contributed by atoms with Gasteiger partial charge in [0.25, 0.3) is 0 Å². The summed E-state index contributed by atoms with van der Waals surface area (Å²) in [5.41, 5.74) is 1.39. The Labute approximate surface area is 116 Å². The highest BCUT2D eigenvalue weighted by molar-refractivity contribution is 9.18. The molecule has 0 aliphatic carbocycles. The van der Waals surface area contributed by atoms with E-state index in [1.807, 2.05) is 0 Å². The summed E-state index contributed by atoms with van der Waals surface area (Å²) in [6.45, 7) is 3.33. The van der Waals surface area contributed by atoms with Gasteiger partial charge in [-0.1, -0.05) is 35.5 Å². The van der Waals surface area contributed by atoms with Crippen molar-refractivity contribution in [1.82, 2.24) is 4.90 Å². The third-order valence-corrected chi connectivity index (χ3v) is 4.21. The van der Waals surface area contributed by atoms with Gasteiger partial charge < -0.3 is 4.84 Å². The average Bonchev–Trinajstić information content (AvgIpc) is 2.99. The summed E-state index contributed by atoms with van der Waals surface area (Å²) >= 11 is 3.41. The van der Waals surface area contributed by atoms with Gasteiger partial charge in [-0.25, -0.2) is 0 Å². The molecule has 3 nitrogen and oxygen atoms in total. The third kappa shape index (κ3) is 2.75. The zero-order chi connectivity index (χ0) is 12.4. The van der Waals surface area contributed by atoms with Gasteiger partial charge in [0.15, 0.2) is 0 Å². The van der Waals surface area contributed by atoms with Crippen molar-refractivity contribution in [2.75, 3.05) is 13.1 Å². The van der Waals surface area contributed by atoms with Crippen molar-refractivity contribution < 1.29 is 4.84 Å². The van der Waals surface area contributed by atoms with Crippen LogP contribution in [-0.4, -0.2) is 28.7 Å². The Morgan fingerprint density at radius 2 is 2.17 bits per heavy atom. The maximum Gasteiger partial charge on any atom is 0.137 e. The Kier molecular flexibility index (Phi) is 3.66. The summed E-state index contributed by atoms with van der Waals surface area (Å²) in [7, 11) is 0. The van der Waals surface area contributed by atoms with Crippen LogP contribution < -0.4 is 0 Å². The first-order chi connectivity index (χ1) is 8.81. The molecule has 2 aliphatic heterocycles. The normalized spacial score (nSPS) is 28.2. The molecule has 0 saturated carbocycles.